The van der Waals surface area contributed by atoms with Crippen molar-refractivity contribution in [1.82, 2.24) is 5.06 Å². The van der Waals surface area contributed by atoms with Crippen molar-refractivity contribution in [3.05, 3.63) is 12.2 Å². The summed E-state index contributed by atoms with van der Waals surface area (Å²) in [6.45, 7) is 0.310. The Hall–Kier alpha value is -1.85. The predicted octanol–water partition coefficient (Wildman–Crippen LogP) is 2.20. The van der Waals surface area contributed by atoms with Gasteiger partial charge in [0.1, 0.15) is 0 Å². The zero-order chi connectivity index (χ0) is 14.8. The van der Waals surface area contributed by atoms with Crippen molar-refractivity contribution < 1.29 is 24.0 Å². The van der Waals surface area contributed by atoms with Crippen LogP contribution in [0.25, 0.3) is 0 Å². The number of nitrogens with zero attached hydrogens (tertiary/aromatic N) is 1. The Labute approximate surface area is 123 Å². The van der Waals surface area contributed by atoms with E-state index in [1.165, 1.54) is 0 Å². The van der Waals surface area contributed by atoms with Crippen LogP contribution in [-0.2, 0) is 19.2 Å². The maximum atomic E-state index is 11.6. The van der Waals surface area contributed by atoms with Gasteiger partial charge in [-0.3, -0.25) is 14.4 Å². The standard InChI is InChI=1S/C15H19NO5/c17-13-7-8-14(18)16(13)21-15(19)20-9-12-10-5-3-1-2-4-6-11(10)12/h1-2,10-12H,3-9H2/t10-,11+,12?. The normalized spacial score (nSPS) is 31.4. The average Bonchev–Trinajstić information content (AvgIpc) is 2.98. The Morgan fingerprint density at radius 1 is 1.10 bits per heavy atom. The van der Waals surface area contributed by atoms with Gasteiger partial charge < -0.3 is 4.74 Å². The first-order chi connectivity index (χ1) is 10.2. The highest BCUT2D eigenvalue weighted by molar-refractivity contribution is 6.01. The molecule has 3 rings (SSSR count). The summed E-state index contributed by atoms with van der Waals surface area (Å²) in [6, 6.07) is 0. The third kappa shape index (κ3) is 3.09. The van der Waals surface area contributed by atoms with Crippen LogP contribution in [0.15, 0.2) is 12.2 Å². The fourth-order valence-corrected chi connectivity index (χ4v) is 3.36. The van der Waals surface area contributed by atoms with Crippen molar-refractivity contribution in [1.29, 1.82) is 0 Å². The lowest BCUT2D eigenvalue weighted by Crippen LogP contribution is -2.32. The Bertz CT molecular complexity index is 454. The molecule has 0 aromatic carbocycles. The van der Waals surface area contributed by atoms with E-state index in [9.17, 15) is 14.4 Å². The minimum atomic E-state index is -0.962. The van der Waals surface area contributed by atoms with Gasteiger partial charge in [-0.25, -0.2) is 4.79 Å². The fraction of sp³-hybridized carbons (Fsp3) is 0.667. The summed E-state index contributed by atoms with van der Waals surface area (Å²) in [5.41, 5.74) is 0. The molecule has 114 valence electrons. The molecular formula is C15H19NO5. The van der Waals surface area contributed by atoms with Crippen LogP contribution in [0.1, 0.15) is 38.5 Å². The summed E-state index contributed by atoms with van der Waals surface area (Å²) in [7, 11) is 0. The average molecular weight is 293 g/mol. The molecular weight excluding hydrogens is 274 g/mol. The molecule has 0 bridgehead atoms. The number of hydrogen-bond acceptors (Lipinski definition) is 5. The van der Waals surface area contributed by atoms with Crippen LogP contribution >= 0.6 is 0 Å². The number of carbonyl (C=O) groups excluding carboxylic acids is 3. The third-order valence-electron chi connectivity index (χ3n) is 4.57. The molecule has 1 unspecified atom stereocenters. The van der Waals surface area contributed by atoms with E-state index in [2.05, 4.69) is 17.0 Å². The van der Waals surface area contributed by atoms with Crippen LogP contribution in [0, 0.1) is 17.8 Å². The Morgan fingerprint density at radius 3 is 2.24 bits per heavy atom. The van der Waals surface area contributed by atoms with Gasteiger partial charge >= 0.3 is 6.16 Å². The molecule has 1 heterocycles. The smallest absolute Gasteiger partial charge is 0.432 e. The molecule has 3 atom stereocenters. The van der Waals surface area contributed by atoms with E-state index >= 15 is 0 Å². The number of rotatable bonds is 3. The molecule has 0 aromatic heterocycles. The van der Waals surface area contributed by atoms with Gasteiger partial charge in [0.2, 0.25) is 0 Å². The Kier molecular flexibility index (Phi) is 3.94. The van der Waals surface area contributed by atoms with Crippen LogP contribution in [-0.4, -0.2) is 29.6 Å². The molecule has 0 spiro atoms. The predicted molar refractivity (Wildman–Crippen MR) is 71.6 cm³/mol. The minimum Gasteiger partial charge on any atom is -0.432 e. The Morgan fingerprint density at radius 2 is 1.67 bits per heavy atom. The summed E-state index contributed by atoms with van der Waals surface area (Å²) in [4.78, 5) is 38.9. The number of imide groups is 1. The molecule has 1 aliphatic heterocycles. The molecule has 2 aliphatic carbocycles. The first-order valence-corrected chi connectivity index (χ1v) is 7.52. The lowest BCUT2D eigenvalue weighted by atomic mass is 10.1. The molecule has 3 aliphatic rings. The van der Waals surface area contributed by atoms with E-state index in [-0.39, 0.29) is 12.8 Å². The van der Waals surface area contributed by atoms with Gasteiger partial charge in [0.05, 0.1) is 6.61 Å². The molecule has 6 heteroatoms. The summed E-state index contributed by atoms with van der Waals surface area (Å²) in [6.07, 6.45) is 8.07. The number of hydroxylamine groups is 2. The Balaban J connectivity index is 1.42. The molecule has 2 fully saturated rings. The van der Waals surface area contributed by atoms with Crippen molar-refractivity contribution in [2.24, 2.45) is 17.8 Å². The number of amides is 2. The van der Waals surface area contributed by atoms with Gasteiger partial charge in [0, 0.05) is 12.8 Å². The number of fused-ring (bicyclic) bond motifs is 1. The van der Waals surface area contributed by atoms with Gasteiger partial charge in [-0.05, 0) is 43.4 Å². The van der Waals surface area contributed by atoms with Crippen LogP contribution < -0.4 is 0 Å². The zero-order valence-corrected chi connectivity index (χ0v) is 11.8. The first-order valence-electron chi connectivity index (χ1n) is 7.52. The fourth-order valence-electron chi connectivity index (χ4n) is 3.36. The number of hydrogen-bond donors (Lipinski definition) is 0. The van der Waals surface area contributed by atoms with Crippen LogP contribution in [0.5, 0.6) is 0 Å². The second-order valence-electron chi connectivity index (χ2n) is 5.85. The van der Waals surface area contributed by atoms with Crippen molar-refractivity contribution in [2.45, 2.75) is 38.5 Å². The monoisotopic (exact) mass is 293 g/mol. The summed E-state index contributed by atoms with van der Waals surface area (Å²) < 4.78 is 5.07. The molecule has 2 amide bonds. The van der Waals surface area contributed by atoms with Gasteiger partial charge in [0.25, 0.3) is 11.8 Å². The SMILES string of the molecule is O=C(OCC1[C@H]2CCC=CCC[C@@H]12)ON1C(=O)CCC1=O. The second kappa shape index (κ2) is 5.87. The number of carbonyl (C=O) groups is 3. The van der Waals surface area contributed by atoms with Crippen molar-refractivity contribution in [3.63, 3.8) is 0 Å². The van der Waals surface area contributed by atoms with Crippen molar-refractivity contribution in [2.75, 3.05) is 6.61 Å². The molecule has 0 aromatic rings. The summed E-state index contributed by atoms with van der Waals surface area (Å²) >= 11 is 0. The maximum Gasteiger partial charge on any atom is 0.533 e. The van der Waals surface area contributed by atoms with E-state index < -0.39 is 18.0 Å². The molecule has 1 saturated heterocycles. The van der Waals surface area contributed by atoms with E-state index in [4.69, 9.17) is 4.74 Å². The lowest BCUT2D eigenvalue weighted by molar-refractivity contribution is -0.177. The van der Waals surface area contributed by atoms with Gasteiger partial charge in [0.15, 0.2) is 0 Å². The topological polar surface area (TPSA) is 72.9 Å². The zero-order valence-electron chi connectivity index (χ0n) is 11.8. The molecule has 21 heavy (non-hydrogen) atoms. The first kappa shape index (κ1) is 14.1. The number of ether oxygens (including phenoxy) is 1. The number of allylic oxidation sites excluding steroid dienone is 2. The maximum absolute atomic E-state index is 11.6. The second-order valence-corrected chi connectivity index (χ2v) is 5.85. The van der Waals surface area contributed by atoms with Gasteiger partial charge in [-0.1, -0.05) is 17.2 Å². The van der Waals surface area contributed by atoms with Crippen LogP contribution in [0.3, 0.4) is 0 Å². The quantitative estimate of drug-likeness (QED) is 0.453. The summed E-state index contributed by atoms with van der Waals surface area (Å²) in [5.74, 6) is 0.658. The minimum absolute atomic E-state index is 0.0892. The summed E-state index contributed by atoms with van der Waals surface area (Å²) in [5, 5.41) is 0.516. The molecule has 6 nitrogen and oxygen atoms in total. The molecule has 0 N–H and O–H groups in total. The molecule has 1 saturated carbocycles. The van der Waals surface area contributed by atoms with Gasteiger partial charge in [-0.2, -0.15) is 0 Å². The lowest BCUT2D eigenvalue weighted by Gasteiger charge is -2.12. The third-order valence-corrected chi connectivity index (χ3v) is 4.57. The van der Waals surface area contributed by atoms with Crippen molar-refractivity contribution >= 4 is 18.0 Å². The highest BCUT2D eigenvalue weighted by atomic mass is 16.8. The van der Waals surface area contributed by atoms with Crippen LogP contribution in [0.4, 0.5) is 4.79 Å². The van der Waals surface area contributed by atoms with E-state index in [1.54, 1.807) is 0 Å². The highest BCUT2D eigenvalue weighted by Crippen LogP contribution is 2.52. The van der Waals surface area contributed by atoms with E-state index in [1.807, 2.05) is 0 Å². The highest BCUT2D eigenvalue weighted by Gasteiger charge is 2.49. The van der Waals surface area contributed by atoms with Gasteiger partial charge in [-0.15, -0.1) is 0 Å². The van der Waals surface area contributed by atoms with E-state index in [0.717, 1.165) is 25.7 Å². The van der Waals surface area contributed by atoms with E-state index in [0.29, 0.717) is 29.4 Å². The van der Waals surface area contributed by atoms with Crippen LogP contribution in [0.2, 0.25) is 0 Å². The molecule has 0 radical (unpaired) electrons. The van der Waals surface area contributed by atoms with Crippen molar-refractivity contribution in [3.8, 4) is 0 Å². The largest absolute Gasteiger partial charge is 0.533 e.